The number of anilines is 1. The lowest BCUT2D eigenvalue weighted by atomic mass is 9.97. The van der Waals surface area contributed by atoms with Crippen molar-refractivity contribution in [2.75, 3.05) is 57.4 Å². The molecule has 3 aliphatic heterocycles. The van der Waals surface area contributed by atoms with E-state index < -0.39 is 0 Å². The maximum absolute atomic E-state index is 13.6. The van der Waals surface area contributed by atoms with Gasteiger partial charge in [-0.05, 0) is 49.6 Å². The molecule has 0 spiro atoms. The number of piperazine rings is 1. The van der Waals surface area contributed by atoms with Crippen LogP contribution < -0.4 is 10.2 Å². The SMILES string of the molecule is O=C(c1ccc(Br)cc1)N1CCC(N2CCN(c3ncc(C4=NCCN4)cc3Cl)C[C@@H]2CCF)CC1. The summed E-state index contributed by atoms with van der Waals surface area (Å²) >= 11 is 10.1. The van der Waals surface area contributed by atoms with Crippen LogP contribution in [0.5, 0.6) is 0 Å². The number of pyridine rings is 1. The zero-order valence-corrected chi connectivity index (χ0v) is 22.5. The maximum atomic E-state index is 13.6. The molecular weight excluding hydrogens is 547 g/mol. The van der Waals surface area contributed by atoms with Crippen LogP contribution in [0.1, 0.15) is 35.2 Å². The van der Waals surface area contributed by atoms with E-state index in [1.165, 1.54) is 0 Å². The summed E-state index contributed by atoms with van der Waals surface area (Å²) in [4.78, 5) is 28.6. The molecule has 3 aliphatic rings. The Morgan fingerprint density at radius 2 is 1.94 bits per heavy atom. The smallest absolute Gasteiger partial charge is 0.253 e. The summed E-state index contributed by atoms with van der Waals surface area (Å²) in [5.74, 6) is 1.66. The number of aromatic nitrogens is 1. The van der Waals surface area contributed by atoms with Crippen molar-refractivity contribution < 1.29 is 9.18 Å². The summed E-state index contributed by atoms with van der Waals surface area (Å²) in [6.07, 6.45) is 4.08. The number of amides is 1. The molecule has 0 radical (unpaired) electrons. The third kappa shape index (κ3) is 5.53. The topological polar surface area (TPSA) is 64.1 Å². The van der Waals surface area contributed by atoms with Gasteiger partial charge in [0.1, 0.15) is 11.7 Å². The van der Waals surface area contributed by atoms with E-state index in [1.807, 2.05) is 41.4 Å². The second-order valence-electron chi connectivity index (χ2n) is 9.53. The minimum Gasteiger partial charge on any atom is -0.368 e. The van der Waals surface area contributed by atoms with Crippen LogP contribution in [0, 0.1) is 0 Å². The van der Waals surface area contributed by atoms with E-state index in [-0.39, 0.29) is 18.6 Å². The van der Waals surface area contributed by atoms with Crippen LogP contribution in [-0.2, 0) is 0 Å². The molecule has 0 aliphatic carbocycles. The van der Waals surface area contributed by atoms with E-state index in [0.29, 0.717) is 29.6 Å². The monoisotopic (exact) mass is 576 g/mol. The summed E-state index contributed by atoms with van der Waals surface area (Å²) in [5.41, 5.74) is 1.61. The number of rotatable bonds is 6. The van der Waals surface area contributed by atoms with E-state index in [9.17, 15) is 9.18 Å². The number of alkyl halides is 1. The number of piperidine rings is 1. The molecule has 0 bridgehead atoms. The maximum Gasteiger partial charge on any atom is 0.253 e. The molecule has 1 N–H and O–H groups in total. The molecule has 1 aromatic carbocycles. The van der Waals surface area contributed by atoms with Crippen molar-refractivity contribution in [3.05, 3.63) is 57.2 Å². The highest BCUT2D eigenvalue weighted by molar-refractivity contribution is 9.10. The lowest BCUT2D eigenvalue weighted by molar-refractivity contribution is 0.0470. The molecular formula is C26H31BrClFN6O. The van der Waals surface area contributed by atoms with Gasteiger partial charge >= 0.3 is 0 Å². The lowest BCUT2D eigenvalue weighted by Gasteiger charge is -2.47. The normalized spacial score (nSPS) is 21.4. The minimum absolute atomic E-state index is 0.0778. The summed E-state index contributed by atoms with van der Waals surface area (Å²) in [5, 5.41) is 3.84. The number of carbonyl (C=O) groups excluding carboxylic acids is 1. The van der Waals surface area contributed by atoms with Crippen molar-refractivity contribution in [1.82, 2.24) is 20.1 Å². The van der Waals surface area contributed by atoms with Crippen molar-refractivity contribution in [3.63, 3.8) is 0 Å². The van der Waals surface area contributed by atoms with E-state index in [2.05, 4.69) is 41.0 Å². The van der Waals surface area contributed by atoms with Gasteiger partial charge in [-0.25, -0.2) is 4.98 Å². The molecule has 7 nitrogen and oxygen atoms in total. The van der Waals surface area contributed by atoms with Gasteiger partial charge in [-0.1, -0.05) is 27.5 Å². The van der Waals surface area contributed by atoms with Crippen molar-refractivity contribution in [2.45, 2.75) is 31.3 Å². The predicted molar refractivity (Wildman–Crippen MR) is 145 cm³/mol. The van der Waals surface area contributed by atoms with Gasteiger partial charge in [0, 0.05) is 73.1 Å². The Kier molecular flexibility index (Phi) is 8.08. The van der Waals surface area contributed by atoms with Crippen LogP contribution in [0.15, 0.2) is 46.0 Å². The fraction of sp³-hybridized carbons (Fsp3) is 0.500. The van der Waals surface area contributed by atoms with E-state index in [4.69, 9.17) is 11.6 Å². The first-order valence-corrected chi connectivity index (χ1v) is 13.8. The number of halogens is 3. The van der Waals surface area contributed by atoms with E-state index in [1.54, 1.807) is 0 Å². The van der Waals surface area contributed by atoms with Gasteiger partial charge in [0.05, 0.1) is 18.2 Å². The van der Waals surface area contributed by atoms with Crippen LogP contribution in [-0.4, -0.2) is 91.1 Å². The molecule has 0 unspecified atom stereocenters. The molecule has 10 heteroatoms. The Bertz CT molecular complexity index is 1110. The molecule has 4 heterocycles. The second kappa shape index (κ2) is 11.4. The number of hydrogen-bond acceptors (Lipinski definition) is 6. The van der Waals surface area contributed by atoms with Gasteiger partial charge in [0.2, 0.25) is 0 Å². The summed E-state index contributed by atoms with van der Waals surface area (Å²) in [6.45, 7) is 4.96. The van der Waals surface area contributed by atoms with Crippen LogP contribution in [0.3, 0.4) is 0 Å². The van der Waals surface area contributed by atoms with Crippen molar-refractivity contribution >= 4 is 45.1 Å². The zero-order valence-electron chi connectivity index (χ0n) is 20.2. The predicted octanol–water partition coefficient (Wildman–Crippen LogP) is 4.00. The first-order valence-electron chi connectivity index (χ1n) is 12.6. The number of nitrogens with one attached hydrogen (secondary N) is 1. The van der Waals surface area contributed by atoms with Crippen molar-refractivity contribution in [1.29, 1.82) is 0 Å². The lowest BCUT2D eigenvalue weighted by Crippen LogP contribution is -2.59. The standard InChI is InChI=1S/C26H31BrClFN6O/c27-20-3-1-18(2-4-20)26(36)33-11-6-21(7-12-33)35-14-13-34(17-22(35)5-8-29)25-23(28)15-19(16-32-25)24-30-9-10-31-24/h1-4,15-16,21-22H,5-14,17H2,(H,30,31)/t22-/m0/s1. The van der Waals surface area contributed by atoms with Gasteiger partial charge in [0.25, 0.3) is 5.91 Å². The average molecular weight is 578 g/mol. The molecule has 2 fully saturated rings. The fourth-order valence-electron chi connectivity index (χ4n) is 5.49. The molecule has 1 amide bonds. The van der Waals surface area contributed by atoms with Gasteiger partial charge in [0.15, 0.2) is 0 Å². The Labute approximate surface area is 224 Å². The minimum atomic E-state index is -0.360. The molecule has 1 aromatic heterocycles. The van der Waals surface area contributed by atoms with Crippen molar-refractivity contribution in [2.24, 2.45) is 4.99 Å². The molecule has 2 aromatic rings. The number of nitrogens with zero attached hydrogens (tertiary/aromatic N) is 5. The third-order valence-electron chi connectivity index (χ3n) is 7.35. The average Bonchev–Trinajstić information content (AvgIpc) is 3.44. The first-order chi connectivity index (χ1) is 17.5. The molecule has 192 valence electrons. The molecule has 2 saturated heterocycles. The molecule has 0 saturated carbocycles. The van der Waals surface area contributed by atoms with Crippen LogP contribution in [0.25, 0.3) is 0 Å². The quantitative estimate of drug-likeness (QED) is 0.562. The summed E-state index contributed by atoms with van der Waals surface area (Å²) in [7, 11) is 0. The number of likely N-dealkylation sites (tertiary alicyclic amines) is 1. The molecule has 5 rings (SSSR count). The van der Waals surface area contributed by atoms with Crippen LogP contribution in [0.2, 0.25) is 5.02 Å². The highest BCUT2D eigenvalue weighted by Gasteiger charge is 2.35. The Balaban J connectivity index is 1.21. The summed E-state index contributed by atoms with van der Waals surface area (Å²) in [6, 6.07) is 9.85. The fourth-order valence-corrected chi connectivity index (χ4v) is 6.04. The number of aliphatic imine (C=N–C) groups is 1. The zero-order chi connectivity index (χ0) is 25.1. The second-order valence-corrected chi connectivity index (χ2v) is 10.9. The van der Waals surface area contributed by atoms with Crippen LogP contribution >= 0.6 is 27.5 Å². The number of amidine groups is 1. The third-order valence-corrected chi connectivity index (χ3v) is 8.16. The van der Waals surface area contributed by atoms with Gasteiger partial charge in [-0.15, -0.1) is 0 Å². The Morgan fingerprint density at radius 3 is 2.61 bits per heavy atom. The van der Waals surface area contributed by atoms with Crippen molar-refractivity contribution in [3.8, 4) is 0 Å². The number of hydrogen-bond donors (Lipinski definition) is 1. The Hall–Kier alpha value is -2.23. The van der Waals surface area contributed by atoms with Crippen LogP contribution in [0.4, 0.5) is 10.2 Å². The van der Waals surface area contributed by atoms with E-state index >= 15 is 0 Å². The van der Waals surface area contributed by atoms with E-state index in [0.717, 1.165) is 73.8 Å². The van der Waals surface area contributed by atoms with Gasteiger partial charge < -0.3 is 15.1 Å². The molecule has 36 heavy (non-hydrogen) atoms. The molecule has 1 atom stereocenters. The summed E-state index contributed by atoms with van der Waals surface area (Å²) < 4.78 is 14.5. The van der Waals surface area contributed by atoms with Gasteiger partial charge in [-0.3, -0.25) is 19.1 Å². The largest absolute Gasteiger partial charge is 0.368 e. The number of carbonyl (C=O) groups is 1. The highest BCUT2D eigenvalue weighted by atomic mass is 79.9. The number of benzene rings is 1. The highest BCUT2D eigenvalue weighted by Crippen LogP contribution is 2.30. The first kappa shape index (κ1) is 25.4. The Morgan fingerprint density at radius 1 is 1.17 bits per heavy atom. The van der Waals surface area contributed by atoms with Gasteiger partial charge in [-0.2, -0.15) is 0 Å².